The van der Waals surface area contributed by atoms with Crippen LogP contribution >= 0.6 is 0 Å². The molecule has 0 unspecified atom stereocenters. The monoisotopic (exact) mass is 456 g/mol. The molecule has 1 amide bonds. The van der Waals surface area contributed by atoms with Crippen LogP contribution < -0.4 is 15.5 Å². The number of hydrogen-bond acceptors (Lipinski definition) is 7. The summed E-state index contributed by atoms with van der Waals surface area (Å²) in [6.45, 7) is 2.06. The number of aryl methyl sites for hydroxylation is 1. The van der Waals surface area contributed by atoms with Crippen LogP contribution in [0.15, 0.2) is 61.3 Å². The zero-order chi connectivity index (χ0) is 23.3. The molecule has 34 heavy (non-hydrogen) atoms. The molecule has 1 aliphatic heterocycles. The Kier molecular flexibility index (Phi) is 6.33. The van der Waals surface area contributed by atoms with Crippen molar-refractivity contribution in [3.05, 3.63) is 78.3 Å². The van der Waals surface area contributed by atoms with Crippen LogP contribution in [0.5, 0.6) is 0 Å². The topological polar surface area (TPSA) is 101 Å². The van der Waals surface area contributed by atoms with Crippen molar-refractivity contribution in [2.75, 3.05) is 29.9 Å². The lowest BCUT2D eigenvalue weighted by molar-refractivity contribution is 0.0949. The largest absolute Gasteiger partial charge is 0.370 e. The van der Waals surface area contributed by atoms with Gasteiger partial charge in [0.2, 0.25) is 0 Å². The molecule has 2 N–H and O–H groups in total. The molecule has 174 valence electrons. The summed E-state index contributed by atoms with van der Waals surface area (Å²) < 4.78 is 1.68. The van der Waals surface area contributed by atoms with Crippen LogP contribution in [-0.4, -0.2) is 50.3 Å². The highest BCUT2D eigenvalue weighted by atomic mass is 16.2. The van der Waals surface area contributed by atoms with Crippen LogP contribution in [0.25, 0.3) is 5.70 Å². The Morgan fingerprint density at radius 3 is 2.94 bits per heavy atom. The van der Waals surface area contributed by atoms with Gasteiger partial charge in [-0.2, -0.15) is 5.10 Å². The van der Waals surface area contributed by atoms with Crippen molar-refractivity contribution >= 4 is 23.1 Å². The maximum Gasteiger partial charge on any atom is 0.273 e. The number of nitrogens with zero attached hydrogens (tertiary/aromatic N) is 6. The molecule has 9 nitrogen and oxygen atoms in total. The normalized spacial score (nSPS) is 15.2. The predicted molar refractivity (Wildman–Crippen MR) is 131 cm³/mol. The first-order chi connectivity index (χ1) is 16.7. The third-order valence-electron chi connectivity index (χ3n) is 5.89. The molecular weight excluding hydrogens is 428 g/mol. The molecule has 1 aliphatic carbocycles. The fourth-order valence-electron chi connectivity index (χ4n) is 3.93. The summed E-state index contributed by atoms with van der Waals surface area (Å²) in [6, 6.07) is 4.06. The molecule has 0 saturated heterocycles. The smallest absolute Gasteiger partial charge is 0.273 e. The van der Waals surface area contributed by atoms with E-state index in [1.54, 1.807) is 23.3 Å². The van der Waals surface area contributed by atoms with Crippen molar-refractivity contribution in [2.24, 2.45) is 13.0 Å². The van der Waals surface area contributed by atoms with Gasteiger partial charge >= 0.3 is 0 Å². The quantitative estimate of drug-likeness (QED) is 0.511. The van der Waals surface area contributed by atoms with Gasteiger partial charge in [-0.3, -0.25) is 19.4 Å². The first kappa shape index (κ1) is 21.8. The van der Waals surface area contributed by atoms with Gasteiger partial charge < -0.3 is 15.5 Å². The zero-order valence-electron chi connectivity index (χ0n) is 19.2. The van der Waals surface area contributed by atoms with E-state index in [4.69, 9.17) is 0 Å². The highest BCUT2D eigenvalue weighted by Gasteiger charge is 2.25. The molecule has 1 fully saturated rings. The minimum absolute atomic E-state index is 0.213. The summed E-state index contributed by atoms with van der Waals surface area (Å²) in [5.41, 5.74) is 4.03. The van der Waals surface area contributed by atoms with Gasteiger partial charge in [0, 0.05) is 75.3 Å². The van der Waals surface area contributed by atoms with Crippen molar-refractivity contribution in [1.82, 2.24) is 30.0 Å². The average molecular weight is 457 g/mol. The van der Waals surface area contributed by atoms with Gasteiger partial charge in [-0.15, -0.1) is 0 Å². The summed E-state index contributed by atoms with van der Waals surface area (Å²) in [6.07, 6.45) is 18.1. The Hall–Kier alpha value is -4.01. The molecule has 5 rings (SSSR count). The van der Waals surface area contributed by atoms with Crippen molar-refractivity contribution in [1.29, 1.82) is 0 Å². The fraction of sp³-hybridized carbons (Fsp3) is 0.320. The van der Waals surface area contributed by atoms with E-state index in [9.17, 15) is 4.79 Å². The summed E-state index contributed by atoms with van der Waals surface area (Å²) in [7, 11) is 1.83. The average Bonchev–Trinajstić information content (AvgIpc) is 3.62. The van der Waals surface area contributed by atoms with E-state index in [2.05, 4.69) is 53.8 Å². The Labute approximate surface area is 198 Å². The van der Waals surface area contributed by atoms with E-state index in [0.717, 1.165) is 40.9 Å². The molecule has 0 radical (unpaired) electrons. The van der Waals surface area contributed by atoms with Gasteiger partial charge in [0.05, 0.1) is 11.4 Å². The number of allylic oxidation sites excluding steroid dienone is 2. The first-order valence-corrected chi connectivity index (χ1v) is 11.6. The van der Waals surface area contributed by atoms with Gasteiger partial charge in [0.1, 0.15) is 5.82 Å². The fourth-order valence-corrected chi connectivity index (χ4v) is 3.93. The minimum Gasteiger partial charge on any atom is -0.370 e. The molecular formula is C25H28N8O. The van der Waals surface area contributed by atoms with Crippen LogP contribution in [0.1, 0.15) is 34.6 Å². The van der Waals surface area contributed by atoms with Crippen LogP contribution in [0, 0.1) is 5.92 Å². The SMILES string of the molecule is Cn1cc(N2CC=CC=C2c2ccnc(NCC3CC3)c2)c(C(=O)NCCc2cnccn2)n1. The number of hydrogen-bond donors (Lipinski definition) is 2. The minimum atomic E-state index is -0.213. The van der Waals surface area contributed by atoms with Crippen molar-refractivity contribution < 1.29 is 4.79 Å². The second-order valence-corrected chi connectivity index (χ2v) is 8.58. The lowest BCUT2D eigenvalue weighted by atomic mass is 10.1. The van der Waals surface area contributed by atoms with E-state index in [1.165, 1.54) is 12.8 Å². The van der Waals surface area contributed by atoms with Crippen LogP contribution in [0.2, 0.25) is 0 Å². The lowest BCUT2D eigenvalue weighted by Gasteiger charge is -2.28. The number of rotatable bonds is 9. The highest BCUT2D eigenvalue weighted by Crippen LogP contribution is 2.32. The van der Waals surface area contributed by atoms with E-state index in [0.29, 0.717) is 25.2 Å². The number of pyridine rings is 1. The van der Waals surface area contributed by atoms with Crippen LogP contribution in [-0.2, 0) is 13.5 Å². The van der Waals surface area contributed by atoms with Crippen LogP contribution in [0.3, 0.4) is 0 Å². The predicted octanol–water partition coefficient (Wildman–Crippen LogP) is 2.82. The molecule has 9 heteroatoms. The second-order valence-electron chi connectivity index (χ2n) is 8.58. The molecule has 0 spiro atoms. The standard InChI is InChI=1S/C25H28N8O/c1-32-17-22(24(31-32)25(34)29-10-8-20-16-26-11-12-27-20)33-13-3-2-4-21(33)19-7-9-28-23(14-19)30-15-18-5-6-18/h2-4,7,9,11-12,14,16-18H,5-6,8,10,13,15H2,1H3,(H,28,30)(H,29,34). The van der Waals surface area contributed by atoms with E-state index in [1.807, 2.05) is 31.6 Å². The molecule has 0 aromatic carbocycles. The Morgan fingerprint density at radius 2 is 2.12 bits per heavy atom. The van der Waals surface area contributed by atoms with Gasteiger partial charge in [-0.1, -0.05) is 12.2 Å². The summed E-state index contributed by atoms with van der Waals surface area (Å²) in [5, 5.41) is 10.9. The van der Waals surface area contributed by atoms with E-state index in [-0.39, 0.29) is 5.91 Å². The summed E-state index contributed by atoms with van der Waals surface area (Å²) in [4.78, 5) is 28.0. The first-order valence-electron chi connectivity index (χ1n) is 11.6. The molecule has 2 aliphatic rings. The van der Waals surface area contributed by atoms with E-state index >= 15 is 0 Å². The summed E-state index contributed by atoms with van der Waals surface area (Å²) >= 11 is 0. The molecule has 3 aromatic rings. The number of anilines is 2. The number of nitrogens with one attached hydrogen (secondary N) is 2. The maximum absolute atomic E-state index is 13.1. The Balaban J connectivity index is 1.33. The molecule has 1 saturated carbocycles. The molecule has 0 atom stereocenters. The number of aromatic nitrogens is 5. The number of carbonyl (C=O) groups excluding carboxylic acids is 1. The van der Waals surface area contributed by atoms with Crippen molar-refractivity contribution in [3.8, 4) is 0 Å². The molecule has 3 aromatic heterocycles. The highest BCUT2D eigenvalue weighted by molar-refractivity contribution is 6.00. The van der Waals surface area contributed by atoms with Gasteiger partial charge in [-0.05, 0) is 37.0 Å². The third kappa shape index (κ3) is 5.14. The van der Waals surface area contributed by atoms with Gasteiger partial charge in [0.15, 0.2) is 5.69 Å². The van der Waals surface area contributed by atoms with Crippen molar-refractivity contribution in [3.63, 3.8) is 0 Å². The van der Waals surface area contributed by atoms with Gasteiger partial charge in [-0.25, -0.2) is 4.98 Å². The van der Waals surface area contributed by atoms with E-state index < -0.39 is 0 Å². The number of carbonyl (C=O) groups is 1. The molecule has 0 bridgehead atoms. The number of amides is 1. The maximum atomic E-state index is 13.1. The summed E-state index contributed by atoms with van der Waals surface area (Å²) in [5.74, 6) is 1.42. The second kappa shape index (κ2) is 9.86. The Bertz CT molecular complexity index is 1210. The Morgan fingerprint density at radius 1 is 1.21 bits per heavy atom. The molecule has 4 heterocycles. The van der Waals surface area contributed by atoms with Gasteiger partial charge in [0.25, 0.3) is 5.91 Å². The zero-order valence-corrected chi connectivity index (χ0v) is 19.2. The van der Waals surface area contributed by atoms with Crippen molar-refractivity contribution in [2.45, 2.75) is 19.3 Å². The lowest BCUT2D eigenvalue weighted by Crippen LogP contribution is -2.30. The van der Waals surface area contributed by atoms with Crippen LogP contribution in [0.4, 0.5) is 11.5 Å². The third-order valence-corrected chi connectivity index (χ3v) is 5.89.